The molecule has 2 N–H and O–H groups in total. The van der Waals surface area contributed by atoms with E-state index in [-0.39, 0.29) is 6.10 Å². The number of halogens is 1. The quantitative estimate of drug-likeness (QED) is 0.902. The monoisotopic (exact) mass is 336 g/mol. The standard InChI is InChI=1S/C15H17BrN2O2/c1-10(2)20-15-13(17)6-7-14(18-15)19-9-11-4-3-5-12(16)8-11/h3-8,10H,9,17H2,1-2H3. The van der Waals surface area contributed by atoms with Crippen LogP contribution in [0.3, 0.4) is 0 Å². The van der Waals surface area contributed by atoms with Gasteiger partial charge in [0.1, 0.15) is 6.61 Å². The molecule has 0 aliphatic carbocycles. The second kappa shape index (κ2) is 6.61. The zero-order valence-corrected chi connectivity index (χ0v) is 13.1. The molecule has 5 heteroatoms. The van der Waals surface area contributed by atoms with E-state index in [0.29, 0.717) is 24.1 Å². The van der Waals surface area contributed by atoms with Crippen LogP contribution in [0.2, 0.25) is 0 Å². The molecular formula is C15H17BrN2O2. The van der Waals surface area contributed by atoms with Crippen LogP contribution in [0.5, 0.6) is 11.8 Å². The lowest BCUT2D eigenvalue weighted by atomic mass is 10.2. The number of aromatic nitrogens is 1. The maximum absolute atomic E-state index is 5.82. The Morgan fingerprint density at radius 3 is 2.75 bits per heavy atom. The molecule has 0 unspecified atom stereocenters. The van der Waals surface area contributed by atoms with Crippen molar-refractivity contribution in [1.29, 1.82) is 0 Å². The average molecular weight is 337 g/mol. The molecule has 0 amide bonds. The van der Waals surface area contributed by atoms with Crippen molar-refractivity contribution in [2.75, 3.05) is 5.73 Å². The zero-order chi connectivity index (χ0) is 14.5. The number of hydrogen-bond donors (Lipinski definition) is 1. The molecule has 4 nitrogen and oxygen atoms in total. The van der Waals surface area contributed by atoms with Crippen molar-refractivity contribution in [2.24, 2.45) is 0 Å². The summed E-state index contributed by atoms with van der Waals surface area (Å²) in [7, 11) is 0. The summed E-state index contributed by atoms with van der Waals surface area (Å²) in [5.74, 6) is 0.904. The number of nitrogens with zero attached hydrogens (tertiary/aromatic N) is 1. The highest BCUT2D eigenvalue weighted by atomic mass is 79.9. The lowest BCUT2D eigenvalue weighted by molar-refractivity contribution is 0.226. The minimum absolute atomic E-state index is 0.0186. The molecule has 0 saturated carbocycles. The Bertz CT molecular complexity index is 588. The normalized spacial score (nSPS) is 10.6. The van der Waals surface area contributed by atoms with Crippen molar-refractivity contribution in [3.8, 4) is 11.8 Å². The molecule has 106 valence electrons. The van der Waals surface area contributed by atoms with Crippen molar-refractivity contribution < 1.29 is 9.47 Å². The third kappa shape index (κ3) is 4.13. The van der Waals surface area contributed by atoms with E-state index in [4.69, 9.17) is 15.2 Å². The molecule has 1 heterocycles. The fraction of sp³-hybridized carbons (Fsp3) is 0.267. The predicted octanol–water partition coefficient (Wildman–Crippen LogP) is 3.79. The van der Waals surface area contributed by atoms with E-state index in [1.54, 1.807) is 12.1 Å². The SMILES string of the molecule is CC(C)Oc1nc(OCc2cccc(Br)c2)ccc1N. The van der Waals surface area contributed by atoms with Gasteiger partial charge < -0.3 is 15.2 Å². The van der Waals surface area contributed by atoms with E-state index in [1.165, 1.54) is 0 Å². The second-order valence-corrected chi connectivity index (χ2v) is 5.54. The fourth-order valence-electron chi connectivity index (χ4n) is 1.62. The molecule has 0 spiro atoms. The molecule has 1 aromatic carbocycles. The molecule has 0 fully saturated rings. The van der Waals surface area contributed by atoms with Crippen LogP contribution in [-0.4, -0.2) is 11.1 Å². The molecule has 20 heavy (non-hydrogen) atoms. The van der Waals surface area contributed by atoms with Gasteiger partial charge in [-0.1, -0.05) is 28.1 Å². The minimum Gasteiger partial charge on any atom is -0.473 e. The molecule has 0 saturated heterocycles. The number of nitrogens with two attached hydrogens (primary N) is 1. The number of nitrogen functional groups attached to an aromatic ring is 1. The summed E-state index contributed by atoms with van der Waals surface area (Å²) in [6.07, 6.45) is 0.0186. The van der Waals surface area contributed by atoms with E-state index >= 15 is 0 Å². The molecule has 0 radical (unpaired) electrons. The third-order valence-electron chi connectivity index (χ3n) is 2.49. The van der Waals surface area contributed by atoms with Crippen LogP contribution < -0.4 is 15.2 Å². The van der Waals surface area contributed by atoms with Gasteiger partial charge in [0.15, 0.2) is 0 Å². The van der Waals surface area contributed by atoms with Crippen molar-refractivity contribution in [1.82, 2.24) is 4.98 Å². The summed E-state index contributed by atoms with van der Waals surface area (Å²) in [5.41, 5.74) is 7.38. The second-order valence-electron chi connectivity index (χ2n) is 4.63. The summed E-state index contributed by atoms with van der Waals surface area (Å²) >= 11 is 3.43. The number of hydrogen-bond acceptors (Lipinski definition) is 4. The fourth-order valence-corrected chi connectivity index (χ4v) is 2.06. The van der Waals surface area contributed by atoms with Gasteiger partial charge in [-0.25, -0.2) is 0 Å². The molecule has 0 atom stereocenters. The summed E-state index contributed by atoms with van der Waals surface area (Å²) in [6.45, 7) is 4.30. The van der Waals surface area contributed by atoms with Crippen LogP contribution >= 0.6 is 15.9 Å². The summed E-state index contributed by atoms with van der Waals surface area (Å²) in [5, 5.41) is 0. The van der Waals surface area contributed by atoms with Crippen molar-refractivity contribution >= 4 is 21.6 Å². The van der Waals surface area contributed by atoms with Gasteiger partial charge in [0, 0.05) is 10.5 Å². The van der Waals surface area contributed by atoms with Gasteiger partial charge >= 0.3 is 0 Å². The van der Waals surface area contributed by atoms with E-state index in [2.05, 4.69) is 20.9 Å². The predicted molar refractivity (Wildman–Crippen MR) is 82.9 cm³/mol. The molecular weight excluding hydrogens is 320 g/mol. The van der Waals surface area contributed by atoms with Gasteiger partial charge in [-0.15, -0.1) is 0 Å². The summed E-state index contributed by atoms with van der Waals surface area (Å²) in [6, 6.07) is 11.4. The first kappa shape index (κ1) is 14.7. The highest BCUT2D eigenvalue weighted by Crippen LogP contribution is 2.24. The van der Waals surface area contributed by atoms with Crippen LogP contribution in [0, 0.1) is 0 Å². The van der Waals surface area contributed by atoms with E-state index in [9.17, 15) is 0 Å². The Hall–Kier alpha value is -1.75. The number of benzene rings is 1. The van der Waals surface area contributed by atoms with Crippen LogP contribution in [-0.2, 0) is 6.61 Å². The van der Waals surface area contributed by atoms with Crippen LogP contribution in [0.25, 0.3) is 0 Å². The van der Waals surface area contributed by atoms with E-state index < -0.39 is 0 Å². The van der Waals surface area contributed by atoms with Crippen molar-refractivity contribution in [3.05, 3.63) is 46.4 Å². The first-order chi connectivity index (χ1) is 9.54. The molecule has 0 aliphatic heterocycles. The summed E-state index contributed by atoms with van der Waals surface area (Å²) in [4.78, 5) is 4.27. The van der Waals surface area contributed by atoms with Crippen LogP contribution in [0.4, 0.5) is 5.69 Å². The molecule has 1 aromatic heterocycles. The van der Waals surface area contributed by atoms with E-state index in [1.807, 2.05) is 38.1 Å². The smallest absolute Gasteiger partial charge is 0.240 e. The van der Waals surface area contributed by atoms with Gasteiger partial charge in [0.25, 0.3) is 0 Å². The number of rotatable bonds is 5. The van der Waals surface area contributed by atoms with Gasteiger partial charge in [-0.3, -0.25) is 0 Å². The summed E-state index contributed by atoms with van der Waals surface area (Å²) < 4.78 is 12.2. The Labute approximate surface area is 127 Å². The largest absolute Gasteiger partial charge is 0.473 e. The maximum Gasteiger partial charge on any atom is 0.240 e. The van der Waals surface area contributed by atoms with Gasteiger partial charge in [0.05, 0.1) is 11.8 Å². The Kier molecular flexibility index (Phi) is 4.84. The Balaban J connectivity index is 2.06. The third-order valence-corrected chi connectivity index (χ3v) is 2.98. The lowest BCUT2D eigenvalue weighted by Crippen LogP contribution is -2.09. The molecule has 2 rings (SSSR count). The first-order valence-electron chi connectivity index (χ1n) is 6.35. The minimum atomic E-state index is 0.0186. The average Bonchev–Trinajstić information content (AvgIpc) is 2.39. The number of pyridine rings is 1. The van der Waals surface area contributed by atoms with Gasteiger partial charge in [0.2, 0.25) is 11.8 Å². The van der Waals surface area contributed by atoms with Crippen LogP contribution in [0.1, 0.15) is 19.4 Å². The molecule has 2 aromatic rings. The zero-order valence-electron chi connectivity index (χ0n) is 11.5. The topological polar surface area (TPSA) is 57.4 Å². The van der Waals surface area contributed by atoms with E-state index in [0.717, 1.165) is 10.0 Å². The van der Waals surface area contributed by atoms with Gasteiger partial charge in [-0.2, -0.15) is 4.98 Å². The molecule has 0 aliphatic rings. The number of anilines is 1. The van der Waals surface area contributed by atoms with Crippen molar-refractivity contribution in [3.63, 3.8) is 0 Å². The number of ether oxygens (including phenoxy) is 2. The highest BCUT2D eigenvalue weighted by Gasteiger charge is 2.07. The highest BCUT2D eigenvalue weighted by molar-refractivity contribution is 9.10. The van der Waals surface area contributed by atoms with Gasteiger partial charge in [-0.05, 0) is 37.6 Å². The van der Waals surface area contributed by atoms with Crippen LogP contribution in [0.15, 0.2) is 40.9 Å². The maximum atomic E-state index is 5.82. The lowest BCUT2D eigenvalue weighted by Gasteiger charge is -2.12. The molecule has 0 bridgehead atoms. The Morgan fingerprint density at radius 2 is 2.05 bits per heavy atom. The Morgan fingerprint density at radius 1 is 1.25 bits per heavy atom. The van der Waals surface area contributed by atoms with Crippen molar-refractivity contribution in [2.45, 2.75) is 26.6 Å². The first-order valence-corrected chi connectivity index (χ1v) is 7.14.